The first-order chi connectivity index (χ1) is 10.5. The molecule has 0 spiro atoms. The van der Waals surface area contributed by atoms with Crippen molar-refractivity contribution in [2.24, 2.45) is 16.9 Å². The molecular formula is C16H25ClN4O2. The minimum atomic E-state index is -0.597. The third-order valence-corrected chi connectivity index (χ3v) is 4.46. The first-order valence-corrected chi connectivity index (χ1v) is 7.64. The molecule has 1 aromatic carbocycles. The van der Waals surface area contributed by atoms with Gasteiger partial charge in [0.15, 0.2) is 0 Å². The smallest absolute Gasteiger partial charge is 0.316 e. The molecule has 1 aliphatic carbocycles. The van der Waals surface area contributed by atoms with Gasteiger partial charge in [-0.05, 0) is 37.5 Å². The molecular weight excluding hydrogens is 316 g/mol. The number of urea groups is 1. The molecule has 6 nitrogen and oxygen atoms in total. The largest absolute Gasteiger partial charge is 0.351 e. The molecule has 6 N–H and O–H groups in total. The van der Waals surface area contributed by atoms with E-state index in [1.807, 2.05) is 19.1 Å². The van der Waals surface area contributed by atoms with Crippen molar-refractivity contribution in [1.29, 1.82) is 0 Å². The highest BCUT2D eigenvalue weighted by Gasteiger charge is 2.40. The Hall–Kier alpha value is -1.79. The number of primary amides is 1. The summed E-state index contributed by atoms with van der Waals surface area (Å²) in [4.78, 5) is 23.3. The van der Waals surface area contributed by atoms with Crippen LogP contribution in [0.3, 0.4) is 0 Å². The second kappa shape index (κ2) is 8.17. The Morgan fingerprint density at radius 1 is 1.22 bits per heavy atom. The van der Waals surface area contributed by atoms with Crippen LogP contribution < -0.4 is 22.1 Å². The lowest BCUT2D eigenvalue weighted by Crippen LogP contribution is -2.44. The van der Waals surface area contributed by atoms with Crippen molar-refractivity contribution in [1.82, 2.24) is 5.32 Å². The summed E-state index contributed by atoms with van der Waals surface area (Å²) in [5, 5.41) is 5.57. The number of hydrogen-bond acceptors (Lipinski definition) is 3. The van der Waals surface area contributed by atoms with Crippen molar-refractivity contribution in [3.05, 3.63) is 29.8 Å². The monoisotopic (exact) mass is 340 g/mol. The molecule has 1 unspecified atom stereocenters. The normalized spacial score (nSPS) is 17.0. The van der Waals surface area contributed by atoms with Gasteiger partial charge in [-0.1, -0.05) is 25.0 Å². The molecule has 2 rings (SSSR count). The number of hydrogen-bond donors (Lipinski definition) is 4. The van der Waals surface area contributed by atoms with Crippen LogP contribution >= 0.6 is 12.4 Å². The van der Waals surface area contributed by atoms with Gasteiger partial charge in [0.2, 0.25) is 5.91 Å². The highest BCUT2D eigenvalue weighted by atomic mass is 35.5. The maximum absolute atomic E-state index is 12.5. The third kappa shape index (κ3) is 4.59. The Morgan fingerprint density at radius 3 is 2.26 bits per heavy atom. The van der Waals surface area contributed by atoms with Crippen LogP contribution in [-0.2, 0) is 4.79 Å². The van der Waals surface area contributed by atoms with Crippen molar-refractivity contribution < 1.29 is 9.59 Å². The van der Waals surface area contributed by atoms with E-state index in [1.54, 1.807) is 12.1 Å². The van der Waals surface area contributed by atoms with Crippen LogP contribution in [0, 0.1) is 5.41 Å². The minimum absolute atomic E-state index is 0. The molecule has 7 heteroatoms. The van der Waals surface area contributed by atoms with E-state index in [9.17, 15) is 9.59 Å². The van der Waals surface area contributed by atoms with Gasteiger partial charge < -0.3 is 22.1 Å². The van der Waals surface area contributed by atoms with Crippen LogP contribution in [0.4, 0.5) is 10.5 Å². The molecule has 1 fully saturated rings. The topological polar surface area (TPSA) is 110 Å². The van der Waals surface area contributed by atoms with Crippen molar-refractivity contribution in [2.45, 2.75) is 38.6 Å². The third-order valence-electron chi connectivity index (χ3n) is 4.46. The molecule has 1 aromatic rings. The van der Waals surface area contributed by atoms with Crippen LogP contribution in [0.25, 0.3) is 0 Å². The summed E-state index contributed by atoms with van der Waals surface area (Å²) in [6.45, 7) is 2.33. The van der Waals surface area contributed by atoms with E-state index in [1.165, 1.54) is 0 Å². The number of anilines is 1. The Bertz CT molecular complexity index is 542. The summed E-state index contributed by atoms with van der Waals surface area (Å²) >= 11 is 0. The molecule has 3 amide bonds. The molecule has 0 aromatic heterocycles. The van der Waals surface area contributed by atoms with Crippen LogP contribution in [0.5, 0.6) is 0 Å². The van der Waals surface area contributed by atoms with Crippen LogP contribution in [0.1, 0.15) is 44.2 Å². The second-order valence-electron chi connectivity index (χ2n) is 6.00. The lowest BCUT2D eigenvalue weighted by Gasteiger charge is -2.28. The van der Waals surface area contributed by atoms with Gasteiger partial charge in [0, 0.05) is 12.2 Å². The molecule has 1 saturated carbocycles. The van der Waals surface area contributed by atoms with Crippen LogP contribution in [0.2, 0.25) is 0 Å². The first-order valence-electron chi connectivity index (χ1n) is 7.64. The van der Waals surface area contributed by atoms with Gasteiger partial charge in [0.25, 0.3) is 0 Å². The standard InChI is InChI=1S/C16H24N4O2.ClH/c1-11(12-4-6-13(7-5-12)20-15(18)22)19-14(21)16(10-17)8-2-3-9-16;/h4-7,11H,2-3,8-10,17H2,1H3,(H,19,21)(H3,18,20,22);1H. The summed E-state index contributed by atoms with van der Waals surface area (Å²) in [6, 6.07) is 6.54. The zero-order chi connectivity index (χ0) is 16.2. The molecule has 0 bridgehead atoms. The molecule has 0 radical (unpaired) electrons. The Balaban J connectivity index is 0.00000264. The average Bonchev–Trinajstić information content (AvgIpc) is 2.97. The van der Waals surface area contributed by atoms with Crippen LogP contribution in [0.15, 0.2) is 24.3 Å². The quantitative estimate of drug-likeness (QED) is 0.660. The van der Waals surface area contributed by atoms with Gasteiger partial charge in [-0.15, -0.1) is 12.4 Å². The molecule has 128 valence electrons. The van der Waals surface area contributed by atoms with Crippen molar-refractivity contribution in [2.75, 3.05) is 11.9 Å². The molecule has 1 aliphatic rings. The Labute approximate surface area is 142 Å². The zero-order valence-corrected chi connectivity index (χ0v) is 14.1. The van der Waals surface area contributed by atoms with E-state index in [0.29, 0.717) is 12.2 Å². The lowest BCUT2D eigenvalue weighted by molar-refractivity contribution is -0.131. The fourth-order valence-corrected chi connectivity index (χ4v) is 3.01. The fourth-order valence-electron chi connectivity index (χ4n) is 3.01. The fraction of sp³-hybridized carbons (Fsp3) is 0.500. The van der Waals surface area contributed by atoms with Crippen molar-refractivity contribution in [3.8, 4) is 0 Å². The number of nitrogens with one attached hydrogen (secondary N) is 2. The summed E-state index contributed by atoms with van der Waals surface area (Å²) in [5.41, 5.74) is 12.1. The van der Waals surface area contributed by atoms with Crippen molar-refractivity contribution >= 4 is 30.0 Å². The Morgan fingerprint density at radius 2 is 1.78 bits per heavy atom. The lowest BCUT2D eigenvalue weighted by atomic mass is 9.85. The molecule has 0 aliphatic heterocycles. The van der Waals surface area contributed by atoms with E-state index in [-0.39, 0.29) is 24.4 Å². The predicted octanol–water partition coefficient (Wildman–Crippen LogP) is 2.30. The van der Waals surface area contributed by atoms with Gasteiger partial charge in [-0.3, -0.25) is 4.79 Å². The van der Waals surface area contributed by atoms with Gasteiger partial charge >= 0.3 is 6.03 Å². The Kier molecular flexibility index (Phi) is 6.84. The number of carbonyl (C=O) groups excluding carboxylic acids is 2. The second-order valence-corrected chi connectivity index (χ2v) is 6.00. The number of carbonyl (C=O) groups is 2. The number of rotatable bonds is 5. The van der Waals surface area contributed by atoms with Crippen molar-refractivity contribution in [3.63, 3.8) is 0 Å². The number of halogens is 1. The molecule has 0 saturated heterocycles. The predicted molar refractivity (Wildman–Crippen MR) is 93.4 cm³/mol. The van der Waals surface area contributed by atoms with E-state index < -0.39 is 11.4 Å². The summed E-state index contributed by atoms with van der Waals surface area (Å²) in [7, 11) is 0. The molecule has 0 heterocycles. The van der Waals surface area contributed by atoms with E-state index in [2.05, 4.69) is 10.6 Å². The highest BCUT2D eigenvalue weighted by molar-refractivity contribution is 5.87. The van der Waals surface area contributed by atoms with Gasteiger partial charge in [0.05, 0.1) is 11.5 Å². The summed E-state index contributed by atoms with van der Waals surface area (Å²) in [5.74, 6) is 0.0411. The minimum Gasteiger partial charge on any atom is -0.351 e. The highest BCUT2D eigenvalue weighted by Crippen LogP contribution is 2.37. The van der Waals surface area contributed by atoms with E-state index in [4.69, 9.17) is 11.5 Å². The first kappa shape index (κ1) is 19.3. The number of nitrogens with two attached hydrogens (primary N) is 2. The zero-order valence-electron chi connectivity index (χ0n) is 13.3. The van der Waals surface area contributed by atoms with Gasteiger partial charge in [-0.2, -0.15) is 0 Å². The number of benzene rings is 1. The maximum Gasteiger partial charge on any atom is 0.316 e. The number of amides is 3. The average molecular weight is 341 g/mol. The van der Waals surface area contributed by atoms with Gasteiger partial charge in [0.1, 0.15) is 0 Å². The van der Waals surface area contributed by atoms with Gasteiger partial charge in [-0.25, -0.2) is 4.79 Å². The van der Waals surface area contributed by atoms with Crippen LogP contribution in [-0.4, -0.2) is 18.5 Å². The van der Waals surface area contributed by atoms with E-state index >= 15 is 0 Å². The molecule has 1 atom stereocenters. The SMILES string of the molecule is CC(NC(=O)C1(CN)CCCC1)c1ccc(NC(N)=O)cc1.Cl. The summed E-state index contributed by atoms with van der Waals surface area (Å²) < 4.78 is 0. The molecule has 23 heavy (non-hydrogen) atoms. The van der Waals surface area contributed by atoms with E-state index in [0.717, 1.165) is 31.2 Å². The summed E-state index contributed by atoms with van der Waals surface area (Å²) in [6.07, 6.45) is 3.85. The maximum atomic E-state index is 12.5.